The van der Waals surface area contributed by atoms with Crippen molar-refractivity contribution in [1.29, 1.82) is 0 Å². The van der Waals surface area contributed by atoms with E-state index >= 15 is 4.79 Å². The van der Waals surface area contributed by atoms with E-state index < -0.39 is 232 Å². The van der Waals surface area contributed by atoms with Crippen LogP contribution in [0, 0.1) is 50.2 Å². The fourth-order valence-electron chi connectivity index (χ4n) is 18.9. The minimum Gasteiger partial charge on any atom is -0.463 e. The van der Waals surface area contributed by atoms with Crippen molar-refractivity contribution in [3.05, 3.63) is 11.6 Å². The highest BCUT2D eigenvalue weighted by molar-refractivity contribution is 5.79. The molecule has 0 spiro atoms. The summed E-state index contributed by atoms with van der Waals surface area (Å²) in [6.07, 6.45) is -38.0. The van der Waals surface area contributed by atoms with Crippen LogP contribution in [0.25, 0.3) is 0 Å². The van der Waals surface area contributed by atoms with Gasteiger partial charge in [0.25, 0.3) is 0 Å². The molecule has 4 saturated carbocycles. The molecule has 5 aliphatic carbocycles. The van der Waals surface area contributed by atoms with Crippen LogP contribution in [0.1, 0.15) is 127 Å². The molecule has 31 heteroatoms. The Morgan fingerprint density at radius 3 is 1.77 bits per heavy atom. The Hall–Kier alpha value is -2.40. The number of rotatable bonds is 16. The summed E-state index contributed by atoms with van der Waals surface area (Å²) in [5, 5.41) is 176. The smallest absolute Gasteiger partial charge is 0.315 e. The van der Waals surface area contributed by atoms with Crippen LogP contribution in [0.4, 0.5) is 0 Å². The molecule has 0 radical (unpaired) electrons. The molecular weight excluding hydrogens is 1290 g/mol. The van der Waals surface area contributed by atoms with Crippen LogP contribution in [0.2, 0.25) is 0 Å². The van der Waals surface area contributed by atoms with E-state index in [4.69, 9.17) is 61.6 Å². The molecule has 0 bridgehead atoms. The van der Waals surface area contributed by atoms with Gasteiger partial charge in [0.05, 0.1) is 50.2 Å². The van der Waals surface area contributed by atoms with E-state index in [-0.39, 0.29) is 41.8 Å². The molecule has 556 valence electrons. The largest absolute Gasteiger partial charge is 0.463 e. The van der Waals surface area contributed by atoms with Crippen LogP contribution in [0.5, 0.6) is 0 Å². The molecule has 11 aliphatic rings. The molecule has 97 heavy (non-hydrogen) atoms. The van der Waals surface area contributed by atoms with Gasteiger partial charge in [0.1, 0.15) is 129 Å². The van der Waals surface area contributed by atoms with E-state index in [0.29, 0.717) is 57.8 Å². The molecule has 6 aliphatic heterocycles. The van der Waals surface area contributed by atoms with Gasteiger partial charge in [-0.3, -0.25) is 9.59 Å². The van der Waals surface area contributed by atoms with E-state index in [0.717, 1.165) is 18.9 Å². The number of fused-ring (bicyclic) bond motifs is 7. The van der Waals surface area contributed by atoms with Crippen LogP contribution in [-0.4, -0.2) is 305 Å². The van der Waals surface area contributed by atoms with Crippen LogP contribution in [0.3, 0.4) is 0 Å². The summed E-state index contributed by atoms with van der Waals surface area (Å²) < 4.78 is 76.9. The maximum atomic E-state index is 15.4. The maximum Gasteiger partial charge on any atom is 0.315 e. The van der Waals surface area contributed by atoms with Gasteiger partial charge in [-0.1, -0.05) is 53.2 Å². The van der Waals surface area contributed by atoms with Crippen molar-refractivity contribution in [2.45, 2.75) is 305 Å². The zero-order chi connectivity index (χ0) is 70.7. The number of carbonyl (C=O) groups excluding carboxylic acids is 2. The highest BCUT2D eigenvalue weighted by atomic mass is 16.8. The van der Waals surface area contributed by atoms with Crippen molar-refractivity contribution in [3.8, 4) is 0 Å². The molecular formula is C66H106O31. The molecule has 0 aromatic rings. The monoisotopic (exact) mass is 1390 g/mol. The van der Waals surface area contributed by atoms with E-state index in [2.05, 4.69) is 40.7 Å². The van der Waals surface area contributed by atoms with Crippen molar-refractivity contribution in [1.82, 2.24) is 0 Å². The Labute approximate surface area is 562 Å². The second-order valence-electron chi connectivity index (χ2n) is 31.5. The predicted octanol–water partition coefficient (Wildman–Crippen LogP) is -3.51. The van der Waals surface area contributed by atoms with Gasteiger partial charge >= 0.3 is 11.9 Å². The molecule has 37 atom stereocenters. The van der Waals surface area contributed by atoms with Gasteiger partial charge in [0, 0.05) is 12.3 Å². The average molecular weight is 1400 g/mol. The van der Waals surface area contributed by atoms with Crippen molar-refractivity contribution in [3.63, 3.8) is 0 Å². The van der Waals surface area contributed by atoms with Crippen LogP contribution in [-0.2, 0) is 71.2 Å². The van der Waals surface area contributed by atoms with Crippen molar-refractivity contribution < 1.29 is 153 Å². The number of aliphatic hydroxyl groups excluding tert-OH is 16. The fourth-order valence-corrected chi connectivity index (χ4v) is 18.9. The first-order valence-electron chi connectivity index (χ1n) is 34.4. The number of esters is 2. The summed E-state index contributed by atoms with van der Waals surface area (Å²) in [4.78, 5) is 27.3. The summed E-state index contributed by atoms with van der Waals surface area (Å²) in [6.45, 7) is 14.9. The molecule has 0 amide bonds. The van der Waals surface area contributed by atoms with Crippen LogP contribution < -0.4 is 0 Å². The summed E-state index contributed by atoms with van der Waals surface area (Å²) >= 11 is 0. The molecule has 31 nitrogen and oxygen atoms in total. The van der Waals surface area contributed by atoms with Crippen LogP contribution >= 0.6 is 0 Å². The molecule has 11 rings (SSSR count). The van der Waals surface area contributed by atoms with Gasteiger partial charge in [-0.15, -0.1) is 0 Å². The number of hydrogen-bond donors (Lipinski definition) is 16. The Bertz CT molecular complexity index is 2770. The summed E-state index contributed by atoms with van der Waals surface area (Å²) in [7, 11) is 0. The number of hydrogen-bond acceptors (Lipinski definition) is 31. The quantitative estimate of drug-likeness (QED) is 0.0405. The highest BCUT2D eigenvalue weighted by Crippen LogP contribution is 2.76. The first-order chi connectivity index (χ1) is 45.5. The molecule has 6 saturated heterocycles. The van der Waals surface area contributed by atoms with Crippen LogP contribution in [0.15, 0.2) is 11.6 Å². The van der Waals surface area contributed by atoms with E-state index in [1.807, 2.05) is 6.92 Å². The van der Waals surface area contributed by atoms with E-state index in [1.165, 1.54) is 13.8 Å². The lowest BCUT2D eigenvalue weighted by molar-refractivity contribution is -0.379. The minimum absolute atomic E-state index is 0.0657. The third-order valence-corrected chi connectivity index (χ3v) is 25.2. The SMILES string of the molecule is CC(=O)OC[C@H]1O[C@@H](OC[C@H]2O[C@@H](OC(=O)[C@]34CCC(C)(C)C[C@H]3C3=CC[C@@H]5[C@@]6(C)CC[C@H](O[C@@H]7OC[C@H](O)[C@H](O)[C@H]7O[C@@H]7O[C@@H](C)[C@H](O)[C@@H](O[C@@H]8OC[C@@H](O)[C@H](O)[C@H]8O)[C@H]7O)[C@@](C)(CO)[C@@H]6CC[C@@]5(C)[C@]3(C)CC4)[C@H](O)[C@@H](O)[C@@H]2O)[C@H](O)[C@@H](O)[C@@H]1O[C@@H]1O[C@@H](C)[C@H](O)[C@@H](O)[C@H]1O. The first kappa shape index (κ1) is 75.7. The molecule has 16 N–H and O–H groups in total. The normalized spacial score (nSPS) is 53.8. The predicted molar refractivity (Wildman–Crippen MR) is 324 cm³/mol. The Morgan fingerprint density at radius 1 is 0.515 bits per heavy atom. The van der Waals surface area contributed by atoms with Gasteiger partial charge in [0.2, 0.25) is 6.29 Å². The van der Waals surface area contributed by atoms with Gasteiger partial charge in [-0.25, -0.2) is 0 Å². The standard InChI is InChI=1S/C66H106O31/c1-26-38(71)43(76)47(80)56(89-26)94-51-34(24-85-28(3)68)92-54(49(82)45(51)78)88-23-33-42(75)44(77)48(81)57(91-33)97-60(84)66-18-16-61(4,5)20-30(66)29-10-11-36-62(6)14-13-37(63(7,25-67)35(62)12-15-65(36,9)64(29,8)17-19-66)93-59-53(41(74)32(70)22-87-59)96-58-50(83)52(39(72)27(2)90-58)95-55-46(79)40(73)31(69)21-86-55/h10,26-27,30-59,67,69-83H,11-25H2,1-9H3/t26-,27-,30-,31+,32-,33+,34+,35+,36+,37-,38-,39-,40-,41-,42+,43+,44-,45+,46+,47+,48+,49+,50+,51+,52+,53+,54+,55-,56-,57-,58-,59-,62-,63-,64+,65+,66-/m0/s1. The van der Waals surface area contributed by atoms with Crippen molar-refractivity contribution >= 4 is 11.9 Å². The highest BCUT2D eigenvalue weighted by Gasteiger charge is 2.71. The molecule has 10 fully saturated rings. The molecule has 6 heterocycles. The van der Waals surface area contributed by atoms with E-state index in [1.54, 1.807) is 0 Å². The minimum atomic E-state index is -1.94. The summed E-state index contributed by atoms with van der Waals surface area (Å²) in [5.41, 5.74) is -2.29. The van der Waals surface area contributed by atoms with Crippen molar-refractivity contribution in [2.24, 2.45) is 50.2 Å². The molecule has 0 unspecified atom stereocenters. The van der Waals surface area contributed by atoms with Gasteiger partial charge in [-0.2, -0.15) is 0 Å². The number of carbonyl (C=O) groups is 2. The number of ether oxygens (including phenoxy) is 13. The Kier molecular flexibility index (Phi) is 22.3. The third kappa shape index (κ3) is 13.5. The number of allylic oxidation sites excluding steroid dienone is 2. The summed E-state index contributed by atoms with van der Waals surface area (Å²) in [5.74, 6) is -1.81. The Balaban J connectivity index is 0.775. The fraction of sp³-hybridized carbons (Fsp3) is 0.939. The van der Waals surface area contributed by atoms with Gasteiger partial charge in [-0.05, 0) is 117 Å². The second-order valence-corrected chi connectivity index (χ2v) is 31.5. The van der Waals surface area contributed by atoms with Gasteiger partial charge < -0.3 is 143 Å². The molecule has 0 aromatic carbocycles. The lowest BCUT2D eigenvalue weighted by atomic mass is 9.33. The zero-order valence-electron chi connectivity index (χ0n) is 56.4. The summed E-state index contributed by atoms with van der Waals surface area (Å²) in [6, 6.07) is 0. The topological polar surface area (TPSA) is 478 Å². The lowest BCUT2D eigenvalue weighted by Gasteiger charge is -2.71. The second kappa shape index (κ2) is 28.6. The third-order valence-electron chi connectivity index (χ3n) is 25.2. The molecule has 0 aromatic heterocycles. The van der Waals surface area contributed by atoms with E-state index in [9.17, 15) is 86.5 Å². The maximum absolute atomic E-state index is 15.4. The lowest BCUT2D eigenvalue weighted by Crippen LogP contribution is -2.67. The van der Waals surface area contributed by atoms with Gasteiger partial charge in [0.15, 0.2) is 31.5 Å². The average Bonchev–Trinajstić information content (AvgIpc) is 0.675. The first-order valence-corrected chi connectivity index (χ1v) is 34.4. The Morgan fingerprint density at radius 2 is 1.09 bits per heavy atom. The van der Waals surface area contributed by atoms with Crippen molar-refractivity contribution in [2.75, 3.05) is 33.0 Å². The number of aliphatic hydroxyl groups is 16. The zero-order valence-corrected chi connectivity index (χ0v) is 56.4.